The molecule has 0 spiro atoms. The molecule has 1 heterocycles. The van der Waals surface area contributed by atoms with Gasteiger partial charge in [-0.1, -0.05) is 12.1 Å². The molecule has 2 rings (SSSR count). The highest BCUT2D eigenvalue weighted by Gasteiger charge is 2.30. The van der Waals surface area contributed by atoms with E-state index in [2.05, 4.69) is 11.4 Å². The number of carbonyl (C=O) groups excluding carboxylic acids is 1. The zero-order valence-electron chi connectivity index (χ0n) is 10.6. The van der Waals surface area contributed by atoms with Gasteiger partial charge in [0, 0.05) is 18.4 Å². The maximum absolute atomic E-state index is 11.4. The molecule has 1 aromatic rings. The smallest absolute Gasteiger partial charge is 0.220 e. The van der Waals surface area contributed by atoms with Gasteiger partial charge in [-0.2, -0.15) is 0 Å². The molecule has 0 bridgehead atoms. The summed E-state index contributed by atoms with van der Waals surface area (Å²) < 4.78 is 5.67. The summed E-state index contributed by atoms with van der Waals surface area (Å²) in [5, 5.41) is 2.95. The van der Waals surface area contributed by atoms with Crippen LogP contribution in [0.2, 0.25) is 0 Å². The summed E-state index contributed by atoms with van der Waals surface area (Å²) in [7, 11) is 0. The summed E-state index contributed by atoms with van der Waals surface area (Å²) >= 11 is 0. The molecule has 1 N–H and O–H groups in total. The maximum atomic E-state index is 11.4. The van der Waals surface area contributed by atoms with Crippen molar-refractivity contribution in [3.05, 3.63) is 29.8 Å². The molecule has 0 saturated carbocycles. The summed E-state index contributed by atoms with van der Waals surface area (Å²) in [6, 6.07) is 8.26. The molecule has 92 valence electrons. The van der Waals surface area contributed by atoms with Crippen LogP contribution in [0, 0.1) is 0 Å². The zero-order chi connectivity index (χ0) is 12.4. The molecular weight excluding hydrogens is 214 g/mol. The Kier molecular flexibility index (Phi) is 3.36. The van der Waals surface area contributed by atoms with E-state index in [9.17, 15) is 4.79 Å². The Balaban J connectivity index is 2.18. The van der Waals surface area contributed by atoms with E-state index < -0.39 is 0 Å². The maximum Gasteiger partial charge on any atom is 0.220 e. The van der Waals surface area contributed by atoms with Crippen LogP contribution in [0.15, 0.2) is 24.3 Å². The van der Waals surface area contributed by atoms with Crippen LogP contribution in [0.1, 0.15) is 38.7 Å². The first kappa shape index (κ1) is 12.0. The summed E-state index contributed by atoms with van der Waals surface area (Å²) in [6.07, 6.45) is 0.748. The minimum atomic E-state index is 0.137. The second kappa shape index (κ2) is 4.78. The van der Waals surface area contributed by atoms with Crippen LogP contribution < -0.4 is 10.1 Å². The Hall–Kier alpha value is -1.51. The quantitative estimate of drug-likeness (QED) is 0.871. The Morgan fingerprint density at radius 2 is 2.18 bits per heavy atom. The zero-order valence-corrected chi connectivity index (χ0v) is 10.6. The predicted octanol–water partition coefficient (Wildman–Crippen LogP) is 2.47. The van der Waals surface area contributed by atoms with Crippen molar-refractivity contribution in [3.8, 4) is 5.75 Å². The predicted molar refractivity (Wildman–Crippen MR) is 67.2 cm³/mol. The van der Waals surface area contributed by atoms with Crippen LogP contribution in [0.4, 0.5) is 0 Å². The Bertz CT molecular complexity index is 414. The molecular formula is C14H19NO2. The molecule has 0 aliphatic carbocycles. The fourth-order valence-corrected chi connectivity index (χ4v) is 2.29. The van der Waals surface area contributed by atoms with Crippen LogP contribution in [0.3, 0.4) is 0 Å². The Morgan fingerprint density at radius 3 is 2.76 bits per heavy atom. The lowest BCUT2D eigenvalue weighted by Crippen LogP contribution is -2.24. The molecule has 1 amide bonds. The number of benzene rings is 1. The molecule has 1 aliphatic rings. The van der Waals surface area contributed by atoms with Crippen molar-refractivity contribution in [1.29, 1.82) is 0 Å². The SMILES string of the molecule is CC(C)Oc1cccc(C2CC(=O)NC2C)c1. The van der Waals surface area contributed by atoms with E-state index in [-0.39, 0.29) is 24.0 Å². The van der Waals surface area contributed by atoms with Crippen molar-refractivity contribution >= 4 is 5.91 Å². The first-order valence-corrected chi connectivity index (χ1v) is 6.12. The van der Waals surface area contributed by atoms with Crippen LogP contribution in [0.5, 0.6) is 5.75 Å². The Labute approximate surface area is 102 Å². The molecule has 0 aromatic heterocycles. The number of ether oxygens (including phenoxy) is 1. The second-order valence-electron chi connectivity index (χ2n) is 4.91. The van der Waals surface area contributed by atoms with Gasteiger partial charge in [0.15, 0.2) is 0 Å². The molecule has 0 radical (unpaired) electrons. The van der Waals surface area contributed by atoms with Gasteiger partial charge in [-0.3, -0.25) is 4.79 Å². The number of rotatable bonds is 3. The van der Waals surface area contributed by atoms with Gasteiger partial charge in [-0.25, -0.2) is 0 Å². The van der Waals surface area contributed by atoms with Crippen LogP contribution in [-0.2, 0) is 4.79 Å². The van der Waals surface area contributed by atoms with E-state index in [0.29, 0.717) is 6.42 Å². The van der Waals surface area contributed by atoms with Gasteiger partial charge >= 0.3 is 0 Å². The fourth-order valence-electron chi connectivity index (χ4n) is 2.29. The van der Waals surface area contributed by atoms with Crippen LogP contribution in [-0.4, -0.2) is 18.1 Å². The number of carbonyl (C=O) groups is 1. The number of hydrogen-bond acceptors (Lipinski definition) is 2. The number of amides is 1. The van der Waals surface area contributed by atoms with E-state index in [4.69, 9.17) is 4.74 Å². The monoisotopic (exact) mass is 233 g/mol. The molecule has 2 atom stereocenters. The van der Waals surface area contributed by atoms with Gasteiger partial charge in [-0.05, 0) is 38.5 Å². The molecule has 3 heteroatoms. The lowest BCUT2D eigenvalue weighted by atomic mass is 9.93. The summed E-state index contributed by atoms with van der Waals surface area (Å²) in [5.74, 6) is 1.28. The van der Waals surface area contributed by atoms with Gasteiger partial charge in [0.2, 0.25) is 5.91 Å². The highest BCUT2D eigenvalue weighted by Crippen LogP contribution is 2.30. The lowest BCUT2D eigenvalue weighted by Gasteiger charge is -2.16. The van der Waals surface area contributed by atoms with Crippen LogP contribution in [0.25, 0.3) is 0 Å². The normalized spacial score (nSPS) is 23.9. The third-order valence-electron chi connectivity index (χ3n) is 3.06. The highest BCUT2D eigenvalue weighted by atomic mass is 16.5. The van der Waals surface area contributed by atoms with Gasteiger partial charge in [0.25, 0.3) is 0 Å². The lowest BCUT2D eigenvalue weighted by molar-refractivity contribution is -0.119. The van der Waals surface area contributed by atoms with E-state index in [0.717, 1.165) is 5.75 Å². The minimum absolute atomic E-state index is 0.137. The number of hydrogen-bond donors (Lipinski definition) is 1. The van der Waals surface area contributed by atoms with Gasteiger partial charge in [0.05, 0.1) is 6.10 Å². The van der Waals surface area contributed by atoms with Crippen LogP contribution >= 0.6 is 0 Å². The summed E-state index contributed by atoms with van der Waals surface area (Å²) in [6.45, 7) is 6.07. The summed E-state index contributed by atoms with van der Waals surface area (Å²) in [4.78, 5) is 11.4. The van der Waals surface area contributed by atoms with E-state index in [1.54, 1.807) is 0 Å². The van der Waals surface area contributed by atoms with Crippen molar-refractivity contribution in [3.63, 3.8) is 0 Å². The third-order valence-corrected chi connectivity index (χ3v) is 3.06. The molecule has 17 heavy (non-hydrogen) atoms. The third kappa shape index (κ3) is 2.78. The number of nitrogens with one attached hydrogen (secondary N) is 1. The fraction of sp³-hybridized carbons (Fsp3) is 0.500. The second-order valence-corrected chi connectivity index (χ2v) is 4.91. The highest BCUT2D eigenvalue weighted by molar-refractivity contribution is 5.80. The largest absolute Gasteiger partial charge is 0.491 e. The molecule has 3 nitrogen and oxygen atoms in total. The molecule has 1 saturated heterocycles. The van der Waals surface area contributed by atoms with Crippen molar-refractivity contribution in [2.75, 3.05) is 0 Å². The molecule has 2 unspecified atom stereocenters. The average molecular weight is 233 g/mol. The average Bonchev–Trinajstić information content (AvgIpc) is 2.57. The van der Waals surface area contributed by atoms with Crippen molar-refractivity contribution in [2.24, 2.45) is 0 Å². The molecule has 1 aromatic carbocycles. The van der Waals surface area contributed by atoms with Gasteiger partial charge in [-0.15, -0.1) is 0 Å². The topological polar surface area (TPSA) is 38.3 Å². The standard InChI is InChI=1S/C14H19NO2/c1-9(2)17-12-6-4-5-11(7-12)13-8-14(16)15-10(13)3/h4-7,9-10,13H,8H2,1-3H3,(H,15,16). The van der Waals surface area contributed by atoms with E-state index in [1.165, 1.54) is 5.56 Å². The van der Waals surface area contributed by atoms with E-state index in [1.807, 2.05) is 39.0 Å². The molecule has 1 aliphatic heterocycles. The first-order chi connectivity index (χ1) is 8.06. The van der Waals surface area contributed by atoms with Crippen molar-refractivity contribution in [2.45, 2.75) is 45.3 Å². The van der Waals surface area contributed by atoms with Crippen molar-refractivity contribution < 1.29 is 9.53 Å². The van der Waals surface area contributed by atoms with Crippen molar-refractivity contribution in [1.82, 2.24) is 5.32 Å². The first-order valence-electron chi connectivity index (χ1n) is 6.12. The Morgan fingerprint density at radius 1 is 1.41 bits per heavy atom. The van der Waals surface area contributed by atoms with E-state index >= 15 is 0 Å². The molecule has 1 fully saturated rings. The van der Waals surface area contributed by atoms with Gasteiger partial charge in [0.1, 0.15) is 5.75 Å². The summed E-state index contributed by atoms with van der Waals surface area (Å²) in [5.41, 5.74) is 1.18. The van der Waals surface area contributed by atoms with Gasteiger partial charge < -0.3 is 10.1 Å². The minimum Gasteiger partial charge on any atom is -0.491 e.